The summed E-state index contributed by atoms with van der Waals surface area (Å²) < 4.78 is 2.16. The smallest absolute Gasteiger partial charge is 0.124 e. The van der Waals surface area contributed by atoms with Gasteiger partial charge in [0.15, 0.2) is 0 Å². The van der Waals surface area contributed by atoms with E-state index < -0.39 is 0 Å². The van der Waals surface area contributed by atoms with E-state index in [4.69, 9.17) is 0 Å². The molecule has 0 bridgehead atoms. The Hall–Kier alpha value is -1.03. The number of anilines is 1. The molecule has 1 aromatic rings. The van der Waals surface area contributed by atoms with Gasteiger partial charge in [-0.15, -0.1) is 0 Å². The predicted octanol–water partition coefficient (Wildman–Crippen LogP) is 2.83. The first-order valence-electron chi connectivity index (χ1n) is 8.21. The molecule has 0 unspecified atom stereocenters. The summed E-state index contributed by atoms with van der Waals surface area (Å²) in [5, 5.41) is 8.17. The van der Waals surface area contributed by atoms with Crippen LogP contribution >= 0.6 is 0 Å². The molecule has 1 aliphatic heterocycles. The number of hydrogen-bond acceptors (Lipinski definition) is 3. The van der Waals surface area contributed by atoms with E-state index in [0.29, 0.717) is 6.04 Å². The summed E-state index contributed by atoms with van der Waals surface area (Å²) in [6, 6.07) is 2.75. The van der Waals surface area contributed by atoms with Crippen molar-refractivity contribution in [2.75, 3.05) is 25.0 Å². The molecule has 0 aromatic carbocycles. The zero-order valence-corrected chi connectivity index (χ0v) is 12.9. The fourth-order valence-corrected chi connectivity index (χ4v) is 3.13. The first kappa shape index (κ1) is 13.9. The lowest BCUT2D eigenvalue weighted by molar-refractivity contribution is 0.197. The van der Waals surface area contributed by atoms with Gasteiger partial charge >= 0.3 is 0 Å². The van der Waals surface area contributed by atoms with Crippen LogP contribution in [0, 0.1) is 11.8 Å². The van der Waals surface area contributed by atoms with Crippen molar-refractivity contribution in [3.63, 3.8) is 0 Å². The molecule has 4 nitrogen and oxygen atoms in total. The summed E-state index contributed by atoms with van der Waals surface area (Å²) >= 11 is 0. The van der Waals surface area contributed by atoms with E-state index >= 15 is 0 Å². The van der Waals surface area contributed by atoms with Crippen LogP contribution in [-0.2, 0) is 6.54 Å². The third-order valence-electron chi connectivity index (χ3n) is 4.41. The van der Waals surface area contributed by atoms with Crippen molar-refractivity contribution in [2.45, 2.75) is 52.1 Å². The Labute approximate surface area is 122 Å². The maximum atomic E-state index is 4.46. The quantitative estimate of drug-likeness (QED) is 0.867. The van der Waals surface area contributed by atoms with E-state index in [-0.39, 0.29) is 0 Å². The molecule has 112 valence electrons. The lowest BCUT2D eigenvalue weighted by atomic mass is 10.0. The van der Waals surface area contributed by atoms with Gasteiger partial charge in [0, 0.05) is 38.3 Å². The Kier molecular flexibility index (Phi) is 4.29. The van der Waals surface area contributed by atoms with E-state index in [1.54, 1.807) is 0 Å². The molecule has 1 saturated carbocycles. The molecule has 0 radical (unpaired) electrons. The summed E-state index contributed by atoms with van der Waals surface area (Å²) in [6.45, 7) is 9.41. The number of hydrogen-bond donors (Lipinski definition) is 1. The fourth-order valence-electron chi connectivity index (χ4n) is 3.13. The largest absolute Gasteiger partial charge is 0.367 e. The van der Waals surface area contributed by atoms with Crippen LogP contribution in [0.3, 0.4) is 0 Å². The van der Waals surface area contributed by atoms with E-state index in [1.165, 1.54) is 51.1 Å². The second-order valence-electron chi connectivity index (χ2n) is 6.95. The van der Waals surface area contributed by atoms with Gasteiger partial charge in [-0.25, -0.2) is 4.68 Å². The third kappa shape index (κ3) is 3.75. The van der Waals surface area contributed by atoms with E-state index in [0.717, 1.165) is 18.4 Å². The number of piperidine rings is 1. The Morgan fingerprint density at radius 1 is 1.25 bits per heavy atom. The SMILES string of the molecule is CC(C)CN1CCC(Nc2ccnn2CC2CC2)CC1. The standard InChI is InChI=1S/C16H28N4/c1-13(2)11-19-9-6-15(7-10-19)18-16-5-8-17-20(16)12-14-3-4-14/h5,8,13-15,18H,3-4,6-7,9-12H2,1-2H3. The molecule has 0 spiro atoms. The third-order valence-corrected chi connectivity index (χ3v) is 4.41. The normalized spacial score (nSPS) is 21.6. The minimum Gasteiger partial charge on any atom is -0.367 e. The maximum absolute atomic E-state index is 4.46. The Bertz CT molecular complexity index is 414. The van der Waals surface area contributed by atoms with Crippen molar-refractivity contribution in [1.29, 1.82) is 0 Å². The van der Waals surface area contributed by atoms with E-state index in [2.05, 4.69) is 39.9 Å². The Morgan fingerprint density at radius 3 is 2.65 bits per heavy atom. The van der Waals surface area contributed by atoms with Crippen molar-refractivity contribution >= 4 is 5.82 Å². The Balaban J connectivity index is 1.48. The van der Waals surface area contributed by atoms with Gasteiger partial charge in [-0.05, 0) is 37.5 Å². The zero-order chi connectivity index (χ0) is 13.9. The lowest BCUT2D eigenvalue weighted by Crippen LogP contribution is -2.40. The van der Waals surface area contributed by atoms with Gasteiger partial charge in [-0.1, -0.05) is 13.8 Å². The van der Waals surface area contributed by atoms with Crippen LogP contribution in [0.4, 0.5) is 5.82 Å². The molecule has 1 saturated heterocycles. The highest BCUT2D eigenvalue weighted by Crippen LogP contribution is 2.31. The van der Waals surface area contributed by atoms with Crippen LogP contribution in [0.25, 0.3) is 0 Å². The van der Waals surface area contributed by atoms with Gasteiger partial charge in [0.1, 0.15) is 5.82 Å². The average molecular weight is 276 g/mol. The van der Waals surface area contributed by atoms with Gasteiger partial charge in [-0.2, -0.15) is 5.10 Å². The topological polar surface area (TPSA) is 33.1 Å². The molecule has 1 N–H and O–H groups in total. The minimum atomic E-state index is 0.619. The second kappa shape index (κ2) is 6.17. The zero-order valence-electron chi connectivity index (χ0n) is 12.9. The van der Waals surface area contributed by atoms with Crippen LogP contribution in [0.2, 0.25) is 0 Å². The molecule has 2 aliphatic rings. The lowest BCUT2D eigenvalue weighted by Gasteiger charge is -2.33. The summed E-state index contributed by atoms with van der Waals surface area (Å²) in [5.74, 6) is 2.88. The molecule has 0 amide bonds. The molecular weight excluding hydrogens is 248 g/mol. The van der Waals surface area contributed by atoms with Gasteiger partial charge in [0.25, 0.3) is 0 Å². The number of likely N-dealkylation sites (tertiary alicyclic amines) is 1. The first-order chi connectivity index (χ1) is 9.70. The van der Waals surface area contributed by atoms with Crippen LogP contribution < -0.4 is 5.32 Å². The van der Waals surface area contributed by atoms with Crippen molar-refractivity contribution in [2.24, 2.45) is 11.8 Å². The summed E-state index contributed by atoms with van der Waals surface area (Å²) in [7, 11) is 0. The van der Waals surface area contributed by atoms with Crippen molar-refractivity contribution < 1.29 is 0 Å². The van der Waals surface area contributed by atoms with Gasteiger partial charge in [0.05, 0.1) is 6.20 Å². The van der Waals surface area contributed by atoms with Crippen LogP contribution in [-0.4, -0.2) is 40.4 Å². The molecule has 0 atom stereocenters. The Morgan fingerprint density at radius 2 is 2.00 bits per heavy atom. The molecular formula is C16H28N4. The molecule has 3 rings (SSSR count). The first-order valence-corrected chi connectivity index (χ1v) is 8.21. The molecule has 4 heteroatoms. The van der Waals surface area contributed by atoms with Gasteiger partial charge in [-0.3, -0.25) is 0 Å². The highest BCUT2D eigenvalue weighted by Gasteiger charge is 2.24. The van der Waals surface area contributed by atoms with Crippen LogP contribution in [0.1, 0.15) is 39.5 Å². The van der Waals surface area contributed by atoms with E-state index in [9.17, 15) is 0 Å². The number of aromatic nitrogens is 2. The molecule has 1 aromatic heterocycles. The number of nitrogens with zero attached hydrogens (tertiary/aromatic N) is 3. The molecule has 2 fully saturated rings. The highest BCUT2D eigenvalue weighted by atomic mass is 15.3. The number of nitrogens with one attached hydrogen (secondary N) is 1. The van der Waals surface area contributed by atoms with Crippen molar-refractivity contribution in [3.8, 4) is 0 Å². The highest BCUT2D eigenvalue weighted by molar-refractivity contribution is 5.35. The van der Waals surface area contributed by atoms with Crippen molar-refractivity contribution in [1.82, 2.24) is 14.7 Å². The van der Waals surface area contributed by atoms with Crippen LogP contribution in [0.5, 0.6) is 0 Å². The summed E-state index contributed by atoms with van der Waals surface area (Å²) in [5.41, 5.74) is 0. The second-order valence-corrected chi connectivity index (χ2v) is 6.95. The monoisotopic (exact) mass is 276 g/mol. The maximum Gasteiger partial charge on any atom is 0.124 e. The minimum absolute atomic E-state index is 0.619. The van der Waals surface area contributed by atoms with Crippen LogP contribution in [0.15, 0.2) is 12.3 Å². The van der Waals surface area contributed by atoms with Gasteiger partial charge in [0.2, 0.25) is 0 Å². The number of rotatable bonds is 6. The molecule has 2 heterocycles. The summed E-state index contributed by atoms with van der Waals surface area (Å²) in [6.07, 6.45) is 7.20. The molecule has 20 heavy (non-hydrogen) atoms. The summed E-state index contributed by atoms with van der Waals surface area (Å²) in [4.78, 5) is 2.60. The fraction of sp³-hybridized carbons (Fsp3) is 0.812. The average Bonchev–Trinajstić information content (AvgIpc) is 3.12. The van der Waals surface area contributed by atoms with Gasteiger partial charge < -0.3 is 10.2 Å². The predicted molar refractivity (Wildman–Crippen MR) is 82.9 cm³/mol. The molecule has 1 aliphatic carbocycles. The van der Waals surface area contributed by atoms with Crippen molar-refractivity contribution in [3.05, 3.63) is 12.3 Å². The van der Waals surface area contributed by atoms with E-state index in [1.807, 2.05) is 6.20 Å².